The molecule has 8 heteroatoms. The number of amides is 3. The Labute approximate surface area is 175 Å². The predicted octanol–water partition coefficient (Wildman–Crippen LogP) is 1.51. The summed E-state index contributed by atoms with van der Waals surface area (Å²) >= 11 is 0. The van der Waals surface area contributed by atoms with Crippen LogP contribution in [0, 0.1) is 0 Å². The van der Waals surface area contributed by atoms with Gasteiger partial charge in [-0.05, 0) is 12.0 Å². The Morgan fingerprint density at radius 3 is 2.70 bits per heavy atom. The van der Waals surface area contributed by atoms with Gasteiger partial charge in [0.1, 0.15) is 6.04 Å². The fraction of sp³-hybridized carbons (Fsp3) is 0.455. The lowest BCUT2D eigenvalue weighted by Crippen LogP contribution is -2.57. The lowest BCUT2D eigenvalue weighted by atomic mass is 10.00. The Morgan fingerprint density at radius 2 is 1.93 bits per heavy atom. The van der Waals surface area contributed by atoms with E-state index < -0.39 is 17.9 Å². The van der Waals surface area contributed by atoms with Crippen LogP contribution in [-0.2, 0) is 27.3 Å². The maximum Gasteiger partial charge on any atom is 0.313 e. The zero-order valence-corrected chi connectivity index (χ0v) is 17.2. The molecule has 1 aromatic heterocycles. The number of carbonyl (C=O) groups excluding carboxylic acids is 3. The molecule has 1 N–H and O–H groups in total. The molecule has 4 rings (SSSR count). The fourth-order valence-electron chi connectivity index (χ4n) is 4.17. The van der Waals surface area contributed by atoms with E-state index in [2.05, 4.69) is 17.1 Å². The number of aromatic amines is 1. The van der Waals surface area contributed by atoms with Crippen LogP contribution in [-0.4, -0.2) is 68.8 Å². The summed E-state index contributed by atoms with van der Waals surface area (Å²) in [5, 5.41) is 7.04. The summed E-state index contributed by atoms with van der Waals surface area (Å²) in [5.74, 6) is -1.27. The van der Waals surface area contributed by atoms with E-state index in [4.69, 9.17) is 0 Å². The third-order valence-electron chi connectivity index (χ3n) is 5.90. The van der Waals surface area contributed by atoms with Crippen molar-refractivity contribution in [1.29, 1.82) is 0 Å². The van der Waals surface area contributed by atoms with E-state index in [1.54, 1.807) is 16.0 Å². The molecule has 0 bridgehead atoms. The minimum absolute atomic E-state index is 0.156. The largest absolute Gasteiger partial charge is 0.336 e. The first-order chi connectivity index (χ1) is 14.6. The van der Waals surface area contributed by atoms with Crippen LogP contribution in [0.4, 0.5) is 0 Å². The Kier molecular flexibility index (Phi) is 5.83. The van der Waals surface area contributed by atoms with Gasteiger partial charge in [-0.3, -0.25) is 19.5 Å². The number of benzene rings is 1. The first-order valence-electron chi connectivity index (χ1n) is 10.5. The third-order valence-corrected chi connectivity index (χ3v) is 5.90. The van der Waals surface area contributed by atoms with Gasteiger partial charge < -0.3 is 14.7 Å². The maximum absolute atomic E-state index is 13.6. The number of H-pyrrole nitrogens is 1. The fourth-order valence-corrected chi connectivity index (χ4v) is 4.17. The van der Waals surface area contributed by atoms with Gasteiger partial charge in [-0.2, -0.15) is 5.10 Å². The highest BCUT2D eigenvalue weighted by Gasteiger charge is 2.41. The summed E-state index contributed by atoms with van der Waals surface area (Å²) in [7, 11) is 0. The molecule has 30 heavy (non-hydrogen) atoms. The van der Waals surface area contributed by atoms with E-state index in [-0.39, 0.29) is 5.91 Å². The molecule has 2 aliphatic rings. The molecule has 1 atom stereocenters. The Hall–Kier alpha value is -3.16. The zero-order valence-electron chi connectivity index (χ0n) is 17.2. The molecule has 0 unspecified atom stereocenters. The molecule has 3 amide bonds. The highest BCUT2D eigenvalue weighted by atomic mass is 16.2. The van der Waals surface area contributed by atoms with Crippen molar-refractivity contribution in [2.45, 2.75) is 38.8 Å². The van der Waals surface area contributed by atoms with Gasteiger partial charge in [0.05, 0.1) is 6.20 Å². The number of hydrogen-bond acceptors (Lipinski definition) is 4. The van der Waals surface area contributed by atoms with E-state index in [1.165, 1.54) is 4.90 Å². The second-order valence-electron chi connectivity index (χ2n) is 7.84. The van der Waals surface area contributed by atoms with Crippen molar-refractivity contribution < 1.29 is 14.4 Å². The molecule has 2 aromatic rings. The average Bonchev–Trinajstić information content (AvgIpc) is 3.25. The third kappa shape index (κ3) is 3.81. The molecule has 0 saturated carbocycles. The van der Waals surface area contributed by atoms with Crippen LogP contribution in [0.25, 0.3) is 0 Å². The van der Waals surface area contributed by atoms with Crippen LogP contribution < -0.4 is 0 Å². The van der Waals surface area contributed by atoms with E-state index in [0.29, 0.717) is 39.1 Å². The monoisotopic (exact) mass is 409 g/mol. The smallest absolute Gasteiger partial charge is 0.313 e. The second kappa shape index (κ2) is 8.69. The molecule has 2 aliphatic heterocycles. The summed E-state index contributed by atoms with van der Waals surface area (Å²) < 4.78 is 0. The van der Waals surface area contributed by atoms with Crippen LogP contribution in [0.1, 0.15) is 42.6 Å². The molecule has 0 aliphatic carbocycles. The number of piperazine rings is 1. The SMILES string of the molecule is CCCCN1CCN([C@H](C(=O)N2CCc3[nH]ncc3C2)c2ccccc2)C(=O)C1=O. The summed E-state index contributed by atoms with van der Waals surface area (Å²) in [6.45, 7) is 4.44. The summed E-state index contributed by atoms with van der Waals surface area (Å²) in [6.07, 6.45) is 4.26. The van der Waals surface area contributed by atoms with E-state index >= 15 is 0 Å². The van der Waals surface area contributed by atoms with Gasteiger partial charge in [-0.15, -0.1) is 0 Å². The van der Waals surface area contributed by atoms with Crippen molar-refractivity contribution in [2.75, 3.05) is 26.2 Å². The van der Waals surface area contributed by atoms with Gasteiger partial charge in [-0.25, -0.2) is 0 Å². The average molecular weight is 409 g/mol. The van der Waals surface area contributed by atoms with Crippen molar-refractivity contribution in [2.24, 2.45) is 0 Å². The lowest BCUT2D eigenvalue weighted by Gasteiger charge is -2.40. The van der Waals surface area contributed by atoms with Gasteiger partial charge in [0.25, 0.3) is 0 Å². The summed E-state index contributed by atoms with van der Waals surface area (Å²) in [5.41, 5.74) is 2.77. The maximum atomic E-state index is 13.6. The topological polar surface area (TPSA) is 89.6 Å². The highest BCUT2D eigenvalue weighted by Crippen LogP contribution is 2.28. The number of rotatable bonds is 6. The van der Waals surface area contributed by atoms with E-state index in [9.17, 15) is 14.4 Å². The van der Waals surface area contributed by atoms with Gasteiger partial charge in [-0.1, -0.05) is 43.7 Å². The Bertz CT molecular complexity index is 926. The number of nitrogens with one attached hydrogen (secondary N) is 1. The van der Waals surface area contributed by atoms with E-state index in [0.717, 1.165) is 29.7 Å². The second-order valence-corrected chi connectivity index (χ2v) is 7.84. The minimum Gasteiger partial charge on any atom is -0.336 e. The molecular weight excluding hydrogens is 382 g/mol. The van der Waals surface area contributed by atoms with Gasteiger partial charge in [0.15, 0.2) is 0 Å². The first-order valence-corrected chi connectivity index (χ1v) is 10.5. The molecule has 3 heterocycles. The predicted molar refractivity (Wildman–Crippen MR) is 110 cm³/mol. The molecule has 1 fully saturated rings. The quantitative estimate of drug-likeness (QED) is 0.733. The number of carbonyl (C=O) groups is 3. The molecule has 0 radical (unpaired) electrons. The van der Waals surface area contributed by atoms with Crippen LogP contribution in [0.3, 0.4) is 0 Å². The van der Waals surface area contributed by atoms with Crippen LogP contribution in [0.15, 0.2) is 36.5 Å². The standard InChI is InChI=1S/C22H27N5O3/c1-2-3-10-25-12-13-27(22(30)21(25)29)19(16-7-5-4-6-8-16)20(28)26-11-9-18-17(15-26)14-23-24-18/h4-8,14,19H,2-3,9-13,15H2,1H3,(H,23,24)/t19-/m0/s1. The Morgan fingerprint density at radius 1 is 1.13 bits per heavy atom. The highest BCUT2D eigenvalue weighted by molar-refractivity contribution is 6.35. The summed E-state index contributed by atoms with van der Waals surface area (Å²) in [4.78, 5) is 44.1. The van der Waals surface area contributed by atoms with Crippen molar-refractivity contribution in [3.8, 4) is 0 Å². The minimum atomic E-state index is -0.801. The van der Waals surface area contributed by atoms with Crippen molar-refractivity contribution in [3.63, 3.8) is 0 Å². The molecule has 158 valence electrons. The van der Waals surface area contributed by atoms with Crippen LogP contribution >= 0.6 is 0 Å². The van der Waals surface area contributed by atoms with Gasteiger partial charge in [0, 0.05) is 50.4 Å². The molecule has 1 saturated heterocycles. The number of aromatic nitrogens is 2. The molecule has 8 nitrogen and oxygen atoms in total. The number of fused-ring (bicyclic) bond motifs is 1. The van der Waals surface area contributed by atoms with Gasteiger partial charge >= 0.3 is 11.8 Å². The normalized spacial score (nSPS) is 17.8. The van der Waals surface area contributed by atoms with Crippen molar-refractivity contribution >= 4 is 17.7 Å². The van der Waals surface area contributed by atoms with Crippen LogP contribution in [0.5, 0.6) is 0 Å². The van der Waals surface area contributed by atoms with Crippen molar-refractivity contribution in [3.05, 3.63) is 53.3 Å². The Balaban J connectivity index is 1.59. The molecular formula is C22H27N5O3. The van der Waals surface area contributed by atoms with Crippen LogP contribution in [0.2, 0.25) is 0 Å². The molecule has 0 spiro atoms. The van der Waals surface area contributed by atoms with Crippen molar-refractivity contribution in [1.82, 2.24) is 24.9 Å². The zero-order chi connectivity index (χ0) is 21.1. The molecule has 1 aromatic carbocycles. The number of nitrogens with zero attached hydrogens (tertiary/aromatic N) is 4. The van der Waals surface area contributed by atoms with Gasteiger partial charge in [0.2, 0.25) is 5.91 Å². The van der Waals surface area contributed by atoms with E-state index in [1.807, 2.05) is 30.3 Å². The lowest BCUT2D eigenvalue weighted by molar-refractivity contribution is -0.161. The number of unbranched alkanes of at least 4 members (excludes halogenated alkanes) is 1. The number of hydrogen-bond donors (Lipinski definition) is 1. The summed E-state index contributed by atoms with van der Waals surface area (Å²) in [6, 6.07) is 8.46. The first kappa shape index (κ1) is 20.1.